The van der Waals surface area contributed by atoms with Crippen LogP contribution in [0.5, 0.6) is 0 Å². The molecule has 0 fully saturated rings. The van der Waals surface area contributed by atoms with Gasteiger partial charge in [0.2, 0.25) is 0 Å². The highest BCUT2D eigenvalue weighted by atomic mass is 32.2. The molecule has 0 heterocycles. The fraction of sp³-hybridized carbons (Fsp3) is 0.400. The summed E-state index contributed by atoms with van der Waals surface area (Å²) < 4.78 is 10.5. The van der Waals surface area contributed by atoms with Crippen molar-refractivity contribution >= 4 is 17.9 Å². The van der Waals surface area contributed by atoms with Crippen LogP contribution < -0.4 is 16.4 Å². The van der Waals surface area contributed by atoms with Crippen LogP contribution in [-0.2, 0) is 4.84 Å². The van der Waals surface area contributed by atoms with E-state index in [0.29, 0.717) is 25.4 Å². The van der Waals surface area contributed by atoms with Gasteiger partial charge >= 0.3 is 0 Å². The molecule has 6 heteroatoms. The van der Waals surface area contributed by atoms with Crippen molar-refractivity contribution in [1.29, 1.82) is 0 Å². The van der Waals surface area contributed by atoms with Crippen LogP contribution in [0.15, 0.2) is 30.3 Å². The molecular weight excluding hydrogens is 226 g/mol. The highest BCUT2D eigenvalue weighted by Crippen LogP contribution is 1.95. The second kappa shape index (κ2) is 16.6. The van der Waals surface area contributed by atoms with E-state index in [9.17, 15) is 0 Å². The Balaban J connectivity index is 0. The molecule has 0 aliphatic rings. The van der Waals surface area contributed by atoms with E-state index in [1.807, 2.05) is 44.2 Å². The van der Waals surface area contributed by atoms with Gasteiger partial charge < -0.3 is 15.1 Å². The summed E-state index contributed by atoms with van der Waals surface area (Å²) in [6.07, 6.45) is 0. The number of hydrogen-bond donors (Lipinski definition) is 4. The molecule has 1 aromatic carbocycles. The number of nitrogen functional groups attached to an aromatic ring is 1. The van der Waals surface area contributed by atoms with Gasteiger partial charge in [-0.2, -0.15) is 0 Å². The first-order valence-electron chi connectivity index (χ1n) is 4.96. The maximum Gasteiger partial charge on any atom is 0.0813 e. The maximum atomic E-state index is 8.00. The van der Waals surface area contributed by atoms with Crippen molar-refractivity contribution in [1.82, 2.24) is 4.72 Å². The Labute approximate surface area is 101 Å². The minimum absolute atomic E-state index is 0.410. The predicted octanol–water partition coefficient (Wildman–Crippen LogP) is 1.88. The number of nitrogens with two attached hydrogens (primary N) is 2. The van der Waals surface area contributed by atoms with Crippen molar-refractivity contribution < 1.29 is 9.39 Å². The van der Waals surface area contributed by atoms with Crippen LogP contribution in [0.2, 0.25) is 0 Å². The molecular formula is C10H21N3O2S. The number of nitrogens with one attached hydrogen (secondary N) is 1. The SMILES string of the molecule is CC.NOCCNSO.Nc1ccccc1. The quantitative estimate of drug-likeness (QED) is 0.213. The van der Waals surface area contributed by atoms with Crippen molar-refractivity contribution in [2.45, 2.75) is 13.8 Å². The molecule has 0 aliphatic carbocycles. The summed E-state index contributed by atoms with van der Waals surface area (Å²) in [6, 6.07) is 9.49. The minimum Gasteiger partial charge on any atom is -0.399 e. The van der Waals surface area contributed by atoms with E-state index in [1.54, 1.807) is 0 Å². The van der Waals surface area contributed by atoms with Crippen LogP contribution >= 0.6 is 12.2 Å². The highest BCUT2D eigenvalue weighted by molar-refractivity contribution is 7.91. The molecule has 0 amide bonds. The van der Waals surface area contributed by atoms with Crippen molar-refractivity contribution in [2.75, 3.05) is 18.9 Å². The summed E-state index contributed by atoms with van der Waals surface area (Å²) in [5.41, 5.74) is 6.18. The summed E-state index contributed by atoms with van der Waals surface area (Å²) in [6.45, 7) is 4.96. The van der Waals surface area contributed by atoms with Crippen LogP contribution in [0.3, 0.4) is 0 Å². The van der Waals surface area contributed by atoms with Crippen LogP contribution in [0.25, 0.3) is 0 Å². The van der Waals surface area contributed by atoms with Gasteiger partial charge in [0.05, 0.1) is 18.8 Å². The van der Waals surface area contributed by atoms with Crippen LogP contribution in [0.4, 0.5) is 5.69 Å². The Hall–Kier alpha value is -0.790. The molecule has 0 radical (unpaired) electrons. The van der Waals surface area contributed by atoms with Crippen LogP contribution in [0, 0.1) is 0 Å². The topological polar surface area (TPSA) is 93.5 Å². The first-order valence-corrected chi connectivity index (χ1v) is 5.74. The molecule has 1 rings (SSSR count). The normalized spacial score (nSPS) is 8.25. The molecule has 0 atom stereocenters. The van der Waals surface area contributed by atoms with E-state index in [-0.39, 0.29) is 0 Å². The zero-order valence-corrected chi connectivity index (χ0v) is 10.5. The lowest BCUT2D eigenvalue weighted by molar-refractivity contribution is 0.143. The van der Waals surface area contributed by atoms with Gasteiger partial charge in [0, 0.05) is 12.2 Å². The highest BCUT2D eigenvalue weighted by Gasteiger charge is 1.79. The number of hydrogen-bond acceptors (Lipinski definition) is 6. The van der Waals surface area contributed by atoms with Gasteiger partial charge in [-0.3, -0.25) is 0 Å². The summed E-state index contributed by atoms with van der Waals surface area (Å²) >= 11 is 0.556. The molecule has 0 spiro atoms. The number of rotatable bonds is 4. The Morgan fingerprint density at radius 3 is 2.19 bits per heavy atom. The third kappa shape index (κ3) is 15.7. The van der Waals surface area contributed by atoms with E-state index in [0.717, 1.165) is 5.69 Å². The fourth-order valence-corrected chi connectivity index (χ4v) is 0.774. The van der Waals surface area contributed by atoms with Gasteiger partial charge in [0.1, 0.15) is 0 Å². The van der Waals surface area contributed by atoms with E-state index < -0.39 is 0 Å². The summed E-state index contributed by atoms with van der Waals surface area (Å²) in [7, 11) is 0. The number of benzene rings is 1. The summed E-state index contributed by atoms with van der Waals surface area (Å²) in [5.74, 6) is 4.64. The molecule has 1 aromatic rings. The van der Waals surface area contributed by atoms with Crippen molar-refractivity contribution in [3.8, 4) is 0 Å². The first kappa shape index (κ1) is 17.6. The van der Waals surface area contributed by atoms with E-state index in [1.165, 1.54) is 0 Å². The van der Waals surface area contributed by atoms with E-state index >= 15 is 0 Å². The molecule has 94 valence electrons. The minimum atomic E-state index is 0.410. The van der Waals surface area contributed by atoms with Crippen molar-refractivity contribution in [3.63, 3.8) is 0 Å². The molecule has 0 saturated heterocycles. The molecule has 6 N–H and O–H groups in total. The third-order valence-electron chi connectivity index (χ3n) is 1.19. The Bertz CT molecular complexity index is 208. The van der Waals surface area contributed by atoms with Gasteiger partial charge in [-0.05, 0) is 12.1 Å². The summed E-state index contributed by atoms with van der Waals surface area (Å²) in [4.78, 5) is 4.16. The Morgan fingerprint density at radius 1 is 1.31 bits per heavy atom. The molecule has 0 bridgehead atoms. The number of para-hydroxylation sites is 1. The van der Waals surface area contributed by atoms with Gasteiger partial charge in [0.15, 0.2) is 0 Å². The van der Waals surface area contributed by atoms with Crippen LogP contribution in [-0.4, -0.2) is 17.7 Å². The Kier molecular flexibility index (Phi) is 18.3. The zero-order valence-electron chi connectivity index (χ0n) is 9.72. The van der Waals surface area contributed by atoms with Gasteiger partial charge in [-0.25, -0.2) is 10.6 Å². The van der Waals surface area contributed by atoms with Crippen molar-refractivity contribution in [3.05, 3.63) is 30.3 Å². The predicted molar refractivity (Wildman–Crippen MR) is 70.6 cm³/mol. The van der Waals surface area contributed by atoms with Crippen molar-refractivity contribution in [2.24, 2.45) is 5.90 Å². The smallest absolute Gasteiger partial charge is 0.0813 e. The van der Waals surface area contributed by atoms with Gasteiger partial charge in [0.25, 0.3) is 0 Å². The largest absolute Gasteiger partial charge is 0.399 e. The molecule has 16 heavy (non-hydrogen) atoms. The van der Waals surface area contributed by atoms with E-state index in [2.05, 4.69) is 15.5 Å². The lowest BCUT2D eigenvalue weighted by Crippen LogP contribution is -2.14. The second-order valence-electron chi connectivity index (χ2n) is 2.27. The standard InChI is InChI=1S/C6H7N.C2H8N2O2S.C2H6/c7-6-4-2-1-3-5-6;3-6-2-1-4-7-5;1-2/h1-5H,7H2;4-5H,1-3H2;1-2H3. The maximum absolute atomic E-state index is 8.00. The molecule has 0 aliphatic heterocycles. The fourth-order valence-electron chi connectivity index (χ4n) is 0.599. The molecule has 0 aromatic heterocycles. The van der Waals surface area contributed by atoms with E-state index in [4.69, 9.17) is 10.3 Å². The Morgan fingerprint density at radius 2 is 1.88 bits per heavy atom. The zero-order chi connectivity index (χ0) is 12.6. The monoisotopic (exact) mass is 247 g/mol. The lowest BCUT2D eigenvalue weighted by Gasteiger charge is -1.93. The average molecular weight is 247 g/mol. The molecule has 0 saturated carbocycles. The number of anilines is 1. The molecule has 0 unspecified atom stereocenters. The first-order chi connectivity index (χ1) is 7.81. The lowest BCUT2D eigenvalue weighted by atomic mass is 10.3. The van der Waals surface area contributed by atoms with Crippen LogP contribution in [0.1, 0.15) is 13.8 Å². The third-order valence-corrected chi connectivity index (χ3v) is 1.52. The second-order valence-corrected chi connectivity index (χ2v) is 2.74. The average Bonchev–Trinajstić information content (AvgIpc) is 2.34. The van der Waals surface area contributed by atoms with Gasteiger partial charge in [-0.15, -0.1) is 0 Å². The summed E-state index contributed by atoms with van der Waals surface area (Å²) in [5, 5.41) is 0. The van der Waals surface area contributed by atoms with Gasteiger partial charge in [-0.1, -0.05) is 32.0 Å². The molecule has 5 nitrogen and oxygen atoms in total.